The highest BCUT2D eigenvalue weighted by Gasteiger charge is 2.11. The number of nitrogens with one attached hydrogen (secondary N) is 2. The summed E-state index contributed by atoms with van der Waals surface area (Å²) in [7, 11) is -3.43. The van der Waals surface area contributed by atoms with Gasteiger partial charge in [0.05, 0.1) is 23.5 Å². The van der Waals surface area contributed by atoms with Gasteiger partial charge in [-0.25, -0.2) is 8.42 Å². The topological polar surface area (TPSA) is 84.5 Å². The molecule has 0 aliphatic heterocycles. The summed E-state index contributed by atoms with van der Waals surface area (Å²) >= 11 is 6.00. The van der Waals surface area contributed by atoms with Gasteiger partial charge in [-0.05, 0) is 37.3 Å². The molecule has 0 heterocycles. The molecule has 0 unspecified atom stereocenters. The number of rotatable bonds is 7. The second-order valence-electron chi connectivity index (χ2n) is 5.49. The Bertz CT molecular complexity index is 851. The Morgan fingerprint density at radius 3 is 2.44 bits per heavy atom. The van der Waals surface area contributed by atoms with Crippen molar-refractivity contribution in [2.75, 3.05) is 24.1 Å². The molecule has 6 nitrogen and oxygen atoms in total. The second-order valence-corrected chi connectivity index (χ2v) is 7.64. The average molecular weight is 383 g/mol. The van der Waals surface area contributed by atoms with Crippen molar-refractivity contribution in [2.45, 2.75) is 6.92 Å². The third kappa shape index (κ3) is 6.28. The number of carbonyl (C=O) groups excluding carboxylic acids is 1. The van der Waals surface area contributed by atoms with Crippen LogP contribution in [0.5, 0.6) is 5.75 Å². The molecule has 0 saturated carbocycles. The number of sulfonamides is 1. The van der Waals surface area contributed by atoms with Gasteiger partial charge in [0.2, 0.25) is 10.0 Å². The van der Waals surface area contributed by atoms with E-state index in [9.17, 15) is 13.2 Å². The molecule has 0 atom stereocenters. The number of hydrogen-bond acceptors (Lipinski definition) is 4. The Kier molecular flexibility index (Phi) is 6.27. The van der Waals surface area contributed by atoms with Crippen molar-refractivity contribution >= 4 is 33.2 Å². The van der Waals surface area contributed by atoms with Crippen molar-refractivity contribution in [1.29, 1.82) is 0 Å². The summed E-state index contributed by atoms with van der Waals surface area (Å²) in [5, 5.41) is 2.86. The molecule has 0 aliphatic carbocycles. The predicted molar refractivity (Wildman–Crippen MR) is 98.9 cm³/mol. The minimum absolute atomic E-state index is 0.147. The molecule has 0 aliphatic rings. The van der Waals surface area contributed by atoms with Crippen molar-refractivity contribution in [2.24, 2.45) is 0 Å². The van der Waals surface area contributed by atoms with Crippen LogP contribution >= 0.6 is 11.6 Å². The quantitative estimate of drug-likeness (QED) is 0.721. The van der Waals surface area contributed by atoms with Crippen LogP contribution in [0.3, 0.4) is 0 Å². The molecule has 0 spiro atoms. The minimum atomic E-state index is -3.43. The molecular weight excluding hydrogens is 364 g/mol. The Morgan fingerprint density at radius 2 is 1.84 bits per heavy atom. The Morgan fingerprint density at radius 1 is 1.16 bits per heavy atom. The first kappa shape index (κ1) is 19.1. The van der Waals surface area contributed by atoms with E-state index in [-0.39, 0.29) is 16.6 Å². The van der Waals surface area contributed by atoms with Crippen LogP contribution in [0, 0.1) is 6.92 Å². The Balaban J connectivity index is 1.86. The minimum Gasteiger partial charge on any atom is -0.492 e. The number of carbonyl (C=O) groups is 1. The highest BCUT2D eigenvalue weighted by molar-refractivity contribution is 7.92. The molecule has 0 saturated heterocycles. The summed E-state index contributed by atoms with van der Waals surface area (Å²) in [5.41, 5.74) is 1.70. The zero-order valence-electron chi connectivity index (χ0n) is 13.9. The van der Waals surface area contributed by atoms with Crippen LogP contribution in [0.25, 0.3) is 0 Å². The molecular formula is C17H19ClN2O4S. The van der Waals surface area contributed by atoms with Gasteiger partial charge in [-0.3, -0.25) is 9.52 Å². The summed E-state index contributed by atoms with van der Waals surface area (Å²) in [6.45, 7) is 2.65. The summed E-state index contributed by atoms with van der Waals surface area (Å²) in [6, 6.07) is 12.0. The van der Waals surface area contributed by atoms with Gasteiger partial charge in [0, 0.05) is 5.56 Å². The molecule has 8 heteroatoms. The van der Waals surface area contributed by atoms with Crippen LogP contribution in [-0.2, 0) is 10.0 Å². The predicted octanol–water partition coefficient (Wildman–Crippen LogP) is 2.83. The maximum atomic E-state index is 12.1. The van der Waals surface area contributed by atoms with E-state index in [1.807, 2.05) is 31.2 Å². The van der Waals surface area contributed by atoms with Gasteiger partial charge >= 0.3 is 0 Å². The van der Waals surface area contributed by atoms with Crippen LogP contribution in [0.2, 0.25) is 5.02 Å². The zero-order valence-corrected chi connectivity index (χ0v) is 15.4. The third-order valence-electron chi connectivity index (χ3n) is 3.20. The van der Waals surface area contributed by atoms with E-state index in [0.717, 1.165) is 17.6 Å². The summed E-state index contributed by atoms with van der Waals surface area (Å²) in [5.74, 6) is 0.416. The second kappa shape index (κ2) is 8.22. The first-order chi connectivity index (χ1) is 11.7. The van der Waals surface area contributed by atoms with Crippen LogP contribution < -0.4 is 14.8 Å². The van der Waals surface area contributed by atoms with E-state index in [2.05, 4.69) is 10.0 Å². The van der Waals surface area contributed by atoms with Crippen molar-refractivity contribution < 1.29 is 17.9 Å². The molecule has 0 radical (unpaired) electrons. The van der Waals surface area contributed by atoms with Gasteiger partial charge in [0.15, 0.2) is 0 Å². The smallest absolute Gasteiger partial charge is 0.251 e. The number of anilines is 1. The SMILES string of the molecule is Cc1ccc(OCCNC(=O)c2ccc(NS(C)(=O)=O)c(Cl)c2)cc1. The van der Waals surface area contributed by atoms with Gasteiger partial charge in [-0.15, -0.1) is 0 Å². The molecule has 2 N–H and O–H groups in total. The highest BCUT2D eigenvalue weighted by atomic mass is 35.5. The molecule has 0 bridgehead atoms. The normalized spacial score (nSPS) is 11.0. The van der Waals surface area contributed by atoms with Crippen LogP contribution in [-0.4, -0.2) is 33.7 Å². The molecule has 2 aromatic carbocycles. The number of aryl methyl sites for hydroxylation is 1. The largest absolute Gasteiger partial charge is 0.492 e. The maximum absolute atomic E-state index is 12.1. The molecule has 134 valence electrons. The number of benzene rings is 2. The lowest BCUT2D eigenvalue weighted by Gasteiger charge is -2.10. The molecule has 1 amide bonds. The lowest BCUT2D eigenvalue weighted by atomic mass is 10.2. The average Bonchev–Trinajstić information content (AvgIpc) is 2.53. The Labute approximate surface area is 152 Å². The van der Waals surface area contributed by atoms with Crippen molar-refractivity contribution in [3.63, 3.8) is 0 Å². The first-order valence-corrected chi connectivity index (χ1v) is 9.76. The Hall–Kier alpha value is -2.25. The lowest BCUT2D eigenvalue weighted by molar-refractivity contribution is 0.0947. The number of halogens is 1. The van der Waals surface area contributed by atoms with E-state index in [0.29, 0.717) is 18.7 Å². The fourth-order valence-electron chi connectivity index (χ4n) is 2.01. The molecule has 2 aromatic rings. The zero-order chi connectivity index (χ0) is 18.4. The molecule has 25 heavy (non-hydrogen) atoms. The van der Waals surface area contributed by atoms with Gasteiger partial charge in [0.1, 0.15) is 12.4 Å². The molecule has 0 aromatic heterocycles. The molecule has 2 rings (SSSR count). The van der Waals surface area contributed by atoms with E-state index in [1.165, 1.54) is 18.2 Å². The standard InChI is InChI=1S/C17H19ClN2O4S/c1-12-3-6-14(7-4-12)24-10-9-19-17(21)13-5-8-16(15(18)11-13)20-25(2,22)23/h3-8,11,20H,9-10H2,1-2H3,(H,19,21). The van der Waals surface area contributed by atoms with Gasteiger partial charge in [-0.1, -0.05) is 29.3 Å². The van der Waals surface area contributed by atoms with Crippen molar-refractivity contribution in [1.82, 2.24) is 5.32 Å². The van der Waals surface area contributed by atoms with Crippen LogP contribution in [0.4, 0.5) is 5.69 Å². The fourth-order valence-corrected chi connectivity index (χ4v) is 2.87. The van der Waals surface area contributed by atoms with E-state index in [4.69, 9.17) is 16.3 Å². The van der Waals surface area contributed by atoms with Crippen LogP contribution in [0.15, 0.2) is 42.5 Å². The van der Waals surface area contributed by atoms with Gasteiger partial charge in [0.25, 0.3) is 5.91 Å². The van der Waals surface area contributed by atoms with E-state index < -0.39 is 10.0 Å². The van der Waals surface area contributed by atoms with E-state index >= 15 is 0 Å². The number of amides is 1. The van der Waals surface area contributed by atoms with Crippen molar-refractivity contribution in [3.8, 4) is 5.75 Å². The maximum Gasteiger partial charge on any atom is 0.251 e. The van der Waals surface area contributed by atoms with E-state index in [1.54, 1.807) is 0 Å². The summed E-state index contributed by atoms with van der Waals surface area (Å²) in [6.07, 6.45) is 1.03. The summed E-state index contributed by atoms with van der Waals surface area (Å²) < 4.78 is 30.2. The van der Waals surface area contributed by atoms with Crippen LogP contribution in [0.1, 0.15) is 15.9 Å². The van der Waals surface area contributed by atoms with Gasteiger partial charge < -0.3 is 10.1 Å². The fraction of sp³-hybridized carbons (Fsp3) is 0.235. The van der Waals surface area contributed by atoms with Crippen molar-refractivity contribution in [3.05, 3.63) is 58.6 Å². The van der Waals surface area contributed by atoms with Gasteiger partial charge in [-0.2, -0.15) is 0 Å². The molecule has 0 fully saturated rings. The third-order valence-corrected chi connectivity index (χ3v) is 4.11. The first-order valence-electron chi connectivity index (χ1n) is 7.49. The highest BCUT2D eigenvalue weighted by Crippen LogP contribution is 2.23. The summed E-state index contributed by atoms with van der Waals surface area (Å²) in [4.78, 5) is 12.1. The monoisotopic (exact) mass is 382 g/mol. The number of ether oxygens (including phenoxy) is 1. The lowest BCUT2D eigenvalue weighted by Crippen LogP contribution is -2.28. The number of hydrogen-bond donors (Lipinski definition) is 2.